The Labute approximate surface area is 102 Å². The summed E-state index contributed by atoms with van der Waals surface area (Å²) >= 11 is 0. The summed E-state index contributed by atoms with van der Waals surface area (Å²) in [6.45, 7) is 14.3. The van der Waals surface area contributed by atoms with Gasteiger partial charge in [-0.25, -0.2) is 0 Å². The normalized spacial score (nSPS) is 22.3. The monoisotopic (exact) mass is 226 g/mol. The van der Waals surface area contributed by atoms with Gasteiger partial charge in [-0.1, -0.05) is 13.8 Å². The third-order valence-corrected chi connectivity index (χ3v) is 3.62. The van der Waals surface area contributed by atoms with Crippen molar-refractivity contribution in [1.29, 1.82) is 0 Å². The lowest BCUT2D eigenvalue weighted by Gasteiger charge is -2.33. The van der Waals surface area contributed by atoms with Crippen LogP contribution in [0.3, 0.4) is 0 Å². The maximum Gasteiger partial charge on any atom is 0.00387 e. The fourth-order valence-electron chi connectivity index (χ4n) is 2.40. The van der Waals surface area contributed by atoms with E-state index in [2.05, 4.69) is 37.9 Å². The number of piperidine rings is 1. The van der Waals surface area contributed by atoms with Crippen molar-refractivity contribution < 1.29 is 0 Å². The Morgan fingerprint density at radius 2 is 2.00 bits per heavy atom. The van der Waals surface area contributed by atoms with Gasteiger partial charge >= 0.3 is 0 Å². The van der Waals surface area contributed by atoms with Gasteiger partial charge in [0.2, 0.25) is 0 Å². The molecule has 1 saturated heterocycles. The third-order valence-electron chi connectivity index (χ3n) is 3.62. The minimum Gasteiger partial charge on any atom is -0.316 e. The smallest absolute Gasteiger partial charge is 0.00387 e. The number of nitrogens with one attached hydrogen (secondary N) is 1. The molecule has 0 aliphatic carbocycles. The quantitative estimate of drug-likeness (QED) is 0.749. The Morgan fingerprint density at radius 1 is 1.25 bits per heavy atom. The second-order valence-electron chi connectivity index (χ2n) is 5.98. The molecule has 1 unspecified atom stereocenters. The molecule has 1 fully saturated rings. The zero-order valence-corrected chi connectivity index (χ0v) is 11.6. The average molecular weight is 226 g/mol. The van der Waals surface area contributed by atoms with Crippen molar-refractivity contribution in [3.63, 3.8) is 0 Å². The lowest BCUT2D eigenvalue weighted by Crippen LogP contribution is -2.41. The molecule has 0 aromatic carbocycles. The minimum absolute atomic E-state index is 0.695. The fourth-order valence-corrected chi connectivity index (χ4v) is 2.40. The standard InChI is InChI=1S/C14H30N2/c1-12(2)7-9-16(13(3)4)11-14-6-5-8-15-10-14/h12-15H,5-11H2,1-4H3. The first-order chi connectivity index (χ1) is 7.59. The minimum atomic E-state index is 0.695. The fraction of sp³-hybridized carbons (Fsp3) is 1.00. The van der Waals surface area contributed by atoms with Crippen molar-refractivity contribution in [2.75, 3.05) is 26.2 Å². The molecule has 0 amide bonds. The molecule has 96 valence electrons. The summed E-state index contributed by atoms with van der Waals surface area (Å²) in [5.41, 5.74) is 0. The van der Waals surface area contributed by atoms with Gasteiger partial charge in [-0.15, -0.1) is 0 Å². The maximum atomic E-state index is 3.52. The van der Waals surface area contributed by atoms with E-state index in [-0.39, 0.29) is 0 Å². The molecule has 1 heterocycles. The summed E-state index contributed by atoms with van der Waals surface area (Å²) in [5.74, 6) is 1.70. The van der Waals surface area contributed by atoms with Crippen LogP contribution in [0.25, 0.3) is 0 Å². The van der Waals surface area contributed by atoms with E-state index in [1.165, 1.54) is 45.4 Å². The average Bonchev–Trinajstić information content (AvgIpc) is 2.25. The van der Waals surface area contributed by atoms with Gasteiger partial charge in [-0.05, 0) is 64.6 Å². The Bertz CT molecular complexity index is 172. The molecule has 1 atom stereocenters. The van der Waals surface area contributed by atoms with Crippen molar-refractivity contribution in [3.05, 3.63) is 0 Å². The topological polar surface area (TPSA) is 15.3 Å². The molecular formula is C14H30N2. The highest BCUT2D eigenvalue weighted by Crippen LogP contribution is 2.14. The van der Waals surface area contributed by atoms with E-state index in [0.29, 0.717) is 6.04 Å². The maximum absolute atomic E-state index is 3.52. The van der Waals surface area contributed by atoms with Gasteiger partial charge in [0.1, 0.15) is 0 Å². The van der Waals surface area contributed by atoms with Crippen LogP contribution in [0.4, 0.5) is 0 Å². The lowest BCUT2D eigenvalue weighted by molar-refractivity contribution is 0.164. The van der Waals surface area contributed by atoms with Crippen LogP contribution in [0, 0.1) is 11.8 Å². The summed E-state index contributed by atoms with van der Waals surface area (Å²) in [5, 5.41) is 3.52. The molecule has 16 heavy (non-hydrogen) atoms. The second kappa shape index (κ2) is 7.29. The first kappa shape index (κ1) is 14.0. The van der Waals surface area contributed by atoms with Crippen LogP contribution in [-0.2, 0) is 0 Å². The Hall–Kier alpha value is -0.0800. The van der Waals surface area contributed by atoms with Crippen LogP contribution in [-0.4, -0.2) is 37.1 Å². The van der Waals surface area contributed by atoms with Crippen LogP contribution in [0.1, 0.15) is 47.0 Å². The molecule has 2 nitrogen and oxygen atoms in total. The molecule has 0 aromatic rings. The number of rotatable bonds is 6. The Kier molecular flexibility index (Phi) is 6.37. The van der Waals surface area contributed by atoms with Gasteiger partial charge in [0.15, 0.2) is 0 Å². The molecule has 0 aromatic heterocycles. The van der Waals surface area contributed by atoms with Gasteiger partial charge < -0.3 is 10.2 Å². The van der Waals surface area contributed by atoms with Crippen molar-refractivity contribution in [2.45, 2.75) is 53.0 Å². The Balaban J connectivity index is 2.31. The summed E-state index contributed by atoms with van der Waals surface area (Å²) in [4.78, 5) is 2.66. The van der Waals surface area contributed by atoms with E-state index in [4.69, 9.17) is 0 Å². The molecule has 1 N–H and O–H groups in total. The molecule has 0 bridgehead atoms. The van der Waals surface area contributed by atoms with Gasteiger partial charge in [-0.2, -0.15) is 0 Å². The SMILES string of the molecule is CC(C)CCN(CC1CCCNC1)C(C)C. The summed E-state index contributed by atoms with van der Waals surface area (Å²) < 4.78 is 0. The molecule has 1 aliphatic rings. The van der Waals surface area contributed by atoms with Crippen molar-refractivity contribution in [2.24, 2.45) is 11.8 Å². The van der Waals surface area contributed by atoms with E-state index < -0.39 is 0 Å². The van der Waals surface area contributed by atoms with Crippen molar-refractivity contribution >= 4 is 0 Å². The molecule has 1 aliphatic heterocycles. The lowest BCUT2D eigenvalue weighted by atomic mass is 9.98. The first-order valence-electron chi connectivity index (χ1n) is 7.04. The number of hydrogen-bond acceptors (Lipinski definition) is 2. The van der Waals surface area contributed by atoms with Gasteiger partial charge in [0.25, 0.3) is 0 Å². The van der Waals surface area contributed by atoms with Crippen molar-refractivity contribution in [3.8, 4) is 0 Å². The van der Waals surface area contributed by atoms with Crippen LogP contribution < -0.4 is 5.32 Å². The molecular weight excluding hydrogens is 196 g/mol. The molecule has 0 radical (unpaired) electrons. The molecule has 1 rings (SSSR count). The van der Waals surface area contributed by atoms with Crippen LogP contribution in [0.2, 0.25) is 0 Å². The van der Waals surface area contributed by atoms with Crippen LogP contribution in [0.5, 0.6) is 0 Å². The molecule has 0 spiro atoms. The van der Waals surface area contributed by atoms with Crippen LogP contribution in [0.15, 0.2) is 0 Å². The predicted molar refractivity (Wildman–Crippen MR) is 71.8 cm³/mol. The van der Waals surface area contributed by atoms with Gasteiger partial charge in [0.05, 0.1) is 0 Å². The van der Waals surface area contributed by atoms with Crippen LogP contribution >= 0.6 is 0 Å². The largest absolute Gasteiger partial charge is 0.316 e. The predicted octanol–water partition coefficient (Wildman–Crippen LogP) is 2.74. The summed E-state index contributed by atoms with van der Waals surface area (Å²) in [7, 11) is 0. The van der Waals surface area contributed by atoms with E-state index in [1.54, 1.807) is 0 Å². The van der Waals surface area contributed by atoms with Gasteiger partial charge in [0, 0.05) is 12.6 Å². The second-order valence-corrected chi connectivity index (χ2v) is 5.98. The van der Waals surface area contributed by atoms with Gasteiger partial charge in [-0.3, -0.25) is 0 Å². The third kappa shape index (κ3) is 5.31. The zero-order valence-electron chi connectivity index (χ0n) is 11.6. The van der Waals surface area contributed by atoms with E-state index in [1.807, 2.05) is 0 Å². The van der Waals surface area contributed by atoms with E-state index in [9.17, 15) is 0 Å². The van der Waals surface area contributed by atoms with E-state index in [0.717, 1.165) is 11.8 Å². The van der Waals surface area contributed by atoms with Crippen molar-refractivity contribution in [1.82, 2.24) is 10.2 Å². The zero-order chi connectivity index (χ0) is 12.0. The highest BCUT2D eigenvalue weighted by molar-refractivity contribution is 4.74. The summed E-state index contributed by atoms with van der Waals surface area (Å²) in [6.07, 6.45) is 4.11. The Morgan fingerprint density at radius 3 is 2.50 bits per heavy atom. The number of hydrogen-bond donors (Lipinski definition) is 1. The molecule has 2 heteroatoms. The highest BCUT2D eigenvalue weighted by Gasteiger charge is 2.18. The summed E-state index contributed by atoms with van der Waals surface area (Å²) in [6, 6.07) is 0.695. The highest BCUT2D eigenvalue weighted by atomic mass is 15.1. The number of nitrogens with zero attached hydrogens (tertiary/aromatic N) is 1. The van der Waals surface area contributed by atoms with E-state index >= 15 is 0 Å². The first-order valence-corrected chi connectivity index (χ1v) is 7.04. The molecule has 0 saturated carbocycles.